The first-order valence-electron chi connectivity index (χ1n) is 5.02. The van der Waals surface area contributed by atoms with E-state index < -0.39 is 5.91 Å². The third kappa shape index (κ3) is 2.66. The number of hydrogen-bond donors (Lipinski definition) is 2. The van der Waals surface area contributed by atoms with Crippen LogP contribution >= 0.6 is 0 Å². The highest BCUT2D eigenvalue weighted by Crippen LogP contribution is 2.11. The highest BCUT2D eigenvalue weighted by molar-refractivity contribution is 5.88. The molecule has 2 rings (SSSR count). The minimum absolute atomic E-state index is 0.00752. The zero-order chi connectivity index (χ0) is 12.4. The summed E-state index contributed by atoms with van der Waals surface area (Å²) in [6.45, 7) is 1.81. The third-order valence-corrected chi connectivity index (χ3v) is 2.24. The van der Waals surface area contributed by atoms with Gasteiger partial charge in [-0.3, -0.25) is 4.79 Å². The Morgan fingerprint density at radius 1 is 1.41 bits per heavy atom. The van der Waals surface area contributed by atoms with Gasteiger partial charge in [0.1, 0.15) is 11.6 Å². The van der Waals surface area contributed by atoms with Crippen LogP contribution in [0.5, 0.6) is 0 Å². The molecular weight excluding hydrogens is 223 g/mol. The number of aryl methyl sites for hydroxylation is 1. The van der Waals surface area contributed by atoms with Crippen LogP contribution in [-0.4, -0.2) is 21.1 Å². The van der Waals surface area contributed by atoms with E-state index in [-0.39, 0.29) is 11.6 Å². The van der Waals surface area contributed by atoms with Crippen molar-refractivity contribution in [1.29, 1.82) is 0 Å². The van der Waals surface area contributed by atoms with Crippen LogP contribution in [0.1, 0.15) is 27.6 Å². The maximum Gasteiger partial charge on any atom is 0.286 e. The van der Waals surface area contributed by atoms with Gasteiger partial charge in [0.2, 0.25) is 5.82 Å². The van der Waals surface area contributed by atoms with Crippen molar-refractivity contribution in [3.8, 4) is 0 Å². The highest BCUT2D eigenvalue weighted by Gasteiger charge is 2.08. The Labute approximate surface area is 96.9 Å². The van der Waals surface area contributed by atoms with Crippen molar-refractivity contribution < 1.29 is 9.18 Å². The van der Waals surface area contributed by atoms with Gasteiger partial charge in [0.05, 0.1) is 0 Å². The molecule has 0 saturated heterocycles. The molecule has 0 spiro atoms. The van der Waals surface area contributed by atoms with E-state index in [4.69, 9.17) is 5.73 Å². The smallest absolute Gasteiger partial charge is 0.286 e. The number of hydrogen-bond acceptors (Lipinski definition) is 3. The summed E-state index contributed by atoms with van der Waals surface area (Å²) in [7, 11) is 0. The number of aromatic nitrogens is 3. The van der Waals surface area contributed by atoms with Gasteiger partial charge < -0.3 is 10.7 Å². The van der Waals surface area contributed by atoms with Crippen molar-refractivity contribution in [3.05, 3.63) is 46.8 Å². The average Bonchev–Trinajstić information content (AvgIpc) is 2.64. The van der Waals surface area contributed by atoms with Crippen molar-refractivity contribution in [3.63, 3.8) is 0 Å². The van der Waals surface area contributed by atoms with E-state index in [2.05, 4.69) is 15.2 Å². The Morgan fingerprint density at radius 2 is 2.18 bits per heavy atom. The summed E-state index contributed by atoms with van der Waals surface area (Å²) in [5.41, 5.74) is 6.62. The van der Waals surface area contributed by atoms with E-state index in [1.165, 1.54) is 12.1 Å². The van der Waals surface area contributed by atoms with Crippen LogP contribution in [0.3, 0.4) is 0 Å². The molecule has 1 heterocycles. The molecule has 0 unspecified atom stereocenters. The molecule has 1 aromatic carbocycles. The standard InChI is InChI=1S/C11H11FN4O/c1-6-2-7(4-8(12)3-6)5-9-14-11(10(13)17)16-15-9/h2-4H,5H2,1H3,(H2,13,17)(H,14,15,16). The molecule has 0 bridgehead atoms. The van der Waals surface area contributed by atoms with Crippen LogP contribution in [0.25, 0.3) is 0 Å². The van der Waals surface area contributed by atoms with Gasteiger partial charge >= 0.3 is 0 Å². The quantitative estimate of drug-likeness (QED) is 0.828. The highest BCUT2D eigenvalue weighted by atomic mass is 19.1. The van der Waals surface area contributed by atoms with Gasteiger partial charge in [0.25, 0.3) is 5.91 Å². The lowest BCUT2D eigenvalue weighted by Crippen LogP contribution is -2.12. The fraction of sp³-hybridized carbons (Fsp3) is 0.182. The lowest BCUT2D eigenvalue weighted by Gasteiger charge is -2.00. The molecule has 17 heavy (non-hydrogen) atoms. The molecule has 2 aromatic rings. The SMILES string of the molecule is Cc1cc(F)cc(Cc2nnc(C(N)=O)[nH]2)c1. The minimum atomic E-state index is -0.667. The molecule has 5 nitrogen and oxygen atoms in total. The Bertz CT molecular complexity index is 544. The Hall–Kier alpha value is -2.24. The molecule has 0 saturated carbocycles. The maximum atomic E-state index is 13.1. The first-order chi connectivity index (χ1) is 8.04. The Kier molecular flexibility index (Phi) is 2.86. The van der Waals surface area contributed by atoms with Crippen LogP contribution in [0.4, 0.5) is 4.39 Å². The zero-order valence-electron chi connectivity index (χ0n) is 9.20. The van der Waals surface area contributed by atoms with Crippen LogP contribution < -0.4 is 5.73 Å². The van der Waals surface area contributed by atoms with Gasteiger partial charge in [-0.2, -0.15) is 0 Å². The van der Waals surface area contributed by atoms with Gasteiger partial charge in [0, 0.05) is 6.42 Å². The predicted molar refractivity (Wildman–Crippen MR) is 58.8 cm³/mol. The van der Waals surface area contributed by atoms with Crippen LogP contribution in [-0.2, 0) is 6.42 Å². The number of H-pyrrole nitrogens is 1. The van der Waals surface area contributed by atoms with E-state index in [0.717, 1.165) is 11.1 Å². The molecule has 0 aliphatic rings. The second-order valence-electron chi connectivity index (χ2n) is 3.80. The number of halogens is 1. The molecule has 88 valence electrons. The van der Waals surface area contributed by atoms with Gasteiger partial charge in [-0.05, 0) is 30.2 Å². The topological polar surface area (TPSA) is 84.7 Å². The number of benzene rings is 1. The number of nitrogens with two attached hydrogens (primary N) is 1. The summed E-state index contributed by atoms with van der Waals surface area (Å²) < 4.78 is 13.1. The molecule has 0 aliphatic carbocycles. The van der Waals surface area contributed by atoms with Crippen molar-refractivity contribution >= 4 is 5.91 Å². The largest absolute Gasteiger partial charge is 0.363 e. The van der Waals surface area contributed by atoms with E-state index in [1.807, 2.05) is 13.0 Å². The number of carbonyl (C=O) groups excluding carboxylic acids is 1. The first kappa shape index (κ1) is 11.3. The van der Waals surface area contributed by atoms with Crippen LogP contribution in [0.2, 0.25) is 0 Å². The fourth-order valence-corrected chi connectivity index (χ4v) is 1.59. The average molecular weight is 234 g/mol. The second-order valence-corrected chi connectivity index (χ2v) is 3.80. The van der Waals surface area contributed by atoms with Gasteiger partial charge in [0.15, 0.2) is 0 Å². The number of amides is 1. The van der Waals surface area contributed by atoms with Crippen molar-refractivity contribution in [1.82, 2.24) is 15.2 Å². The number of aromatic amines is 1. The molecular formula is C11H11FN4O. The van der Waals surface area contributed by atoms with Crippen molar-refractivity contribution in [2.45, 2.75) is 13.3 Å². The molecule has 1 aromatic heterocycles. The lowest BCUT2D eigenvalue weighted by molar-refractivity contribution is 0.0991. The fourth-order valence-electron chi connectivity index (χ4n) is 1.59. The summed E-state index contributed by atoms with van der Waals surface area (Å²) >= 11 is 0. The molecule has 0 atom stereocenters. The Morgan fingerprint density at radius 3 is 2.76 bits per heavy atom. The summed E-state index contributed by atoms with van der Waals surface area (Å²) in [6.07, 6.45) is 0.374. The predicted octanol–water partition coefficient (Wildman–Crippen LogP) is 0.942. The third-order valence-electron chi connectivity index (χ3n) is 2.24. The number of nitrogens with one attached hydrogen (secondary N) is 1. The van der Waals surface area contributed by atoms with Gasteiger partial charge in [-0.25, -0.2) is 4.39 Å². The normalized spacial score (nSPS) is 10.5. The second kappa shape index (κ2) is 4.32. The van der Waals surface area contributed by atoms with Gasteiger partial charge in [-0.15, -0.1) is 10.2 Å². The van der Waals surface area contributed by atoms with Crippen molar-refractivity contribution in [2.24, 2.45) is 5.73 Å². The Balaban J connectivity index is 2.22. The van der Waals surface area contributed by atoms with Crippen molar-refractivity contribution in [2.75, 3.05) is 0 Å². The summed E-state index contributed by atoms with van der Waals surface area (Å²) in [5, 5.41) is 7.35. The summed E-state index contributed by atoms with van der Waals surface area (Å²) in [6, 6.07) is 4.70. The van der Waals surface area contributed by atoms with E-state index >= 15 is 0 Å². The molecule has 0 radical (unpaired) electrons. The number of nitrogens with zero attached hydrogens (tertiary/aromatic N) is 2. The minimum Gasteiger partial charge on any atom is -0.363 e. The number of rotatable bonds is 3. The molecule has 0 fully saturated rings. The molecule has 1 amide bonds. The van der Waals surface area contributed by atoms with Crippen LogP contribution in [0.15, 0.2) is 18.2 Å². The lowest BCUT2D eigenvalue weighted by atomic mass is 10.1. The monoisotopic (exact) mass is 234 g/mol. The number of carbonyl (C=O) groups is 1. The molecule has 3 N–H and O–H groups in total. The van der Waals surface area contributed by atoms with E-state index in [0.29, 0.717) is 12.2 Å². The van der Waals surface area contributed by atoms with Gasteiger partial charge in [-0.1, -0.05) is 6.07 Å². The first-order valence-corrected chi connectivity index (χ1v) is 5.02. The molecule has 6 heteroatoms. The zero-order valence-corrected chi connectivity index (χ0v) is 9.20. The summed E-state index contributed by atoms with van der Waals surface area (Å²) in [4.78, 5) is 13.5. The summed E-state index contributed by atoms with van der Waals surface area (Å²) in [5.74, 6) is -0.481. The molecule has 0 aliphatic heterocycles. The van der Waals surface area contributed by atoms with Crippen LogP contribution in [0, 0.1) is 12.7 Å². The van der Waals surface area contributed by atoms with E-state index in [9.17, 15) is 9.18 Å². The van der Waals surface area contributed by atoms with E-state index in [1.54, 1.807) is 0 Å². The maximum absolute atomic E-state index is 13.1. The number of primary amides is 1.